The first kappa shape index (κ1) is 14.5. The van der Waals surface area contributed by atoms with Crippen molar-refractivity contribution in [2.45, 2.75) is 6.42 Å². The molecule has 0 amide bonds. The van der Waals surface area contributed by atoms with Crippen LogP contribution in [-0.2, 0) is 9.53 Å². The van der Waals surface area contributed by atoms with Crippen molar-refractivity contribution < 1.29 is 14.6 Å². The number of halogens is 1. The van der Waals surface area contributed by atoms with E-state index in [0.717, 1.165) is 10.2 Å². The molecule has 2 N–H and O–H groups in total. The van der Waals surface area contributed by atoms with E-state index in [1.54, 1.807) is 12.1 Å². The lowest BCUT2D eigenvalue weighted by Gasteiger charge is -2.08. The van der Waals surface area contributed by atoms with Crippen molar-refractivity contribution in [3.63, 3.8) is 0 Å². The predicted octanol–water partition coefficient (Wildman–Crippen LogP) is 2.22. The lowest BCUT2D eigenvalue weighted by molar-refractivity contribution is -0.138. The van der Waals surface area contributed by atoms with Crippen LogP contribution in [0, 0.1) is 11.3 Å². The Morgan fingerprint density at radius 1 is 1.50 bits per heavy atom. The zero-order valence-electron chi connectivity index (χ0n) is 9.65. The van der Waals surface area contributed by atoms with Gasteiger partial charge in [0.15, 0.2) is 0 Å². The van der Waals surface area contributed by atoms with Crippen molar-refractivity contribution in [3.8, 4) is 6.07 Å². The minimum atomic E-state index is -0.873. The molecule has 0 saturated carbocycles. The number of nitrogens with zero attached hydrogens (tertiary/aromatic N) is 1. The molecule has 0 aliphatic heterocycles. The number of aliphatic carboxylic acids is 1. The quantitative estimate of drug-likeness (QED) is 0.754. The van der Waals surface area contributed by atoms with Crippen LogP contribution in [0.5, 0.6) is 0 Å². The molecule has 1 aromatic carbocycles. The van der Waals surface area contributed by atoms with E-state index >= 15 is 0 Å². The third-order valence-corrected chi connectivity index (χ3v) is 2.62. The van der Waals surface area contributed by atoms with Crippen LogP contribution < -0.4 is 5.32 Å². The van der Waals surface area contributed by atoms with Gasteiger partial charge in [-0.2, -0.15) is 5.26 Å². The van der Waals surface area contributed by atoms with Crippen molar-refractivity contribution in [2.75, 3.05) is 25.1 Å². The highest BCUT2D eigenvalue weighted by Gasteiger charge is 2.02. The smallest absolute Gasteiger partial charge is 0.305 e. The van der Waals surface area contributed by atoms with Crippen LogP contribution >= 0.6 is 15.9 Å². The summed E-state index contributed by atoms with van der Waals surface area (Å²) in [5.74, 6) is -0.873. The Morgan fingerprint density at radius 2 is 2.28 bits per heavy atom. The molecule has 1 rings (SSSR count). The van der Waals surface area contributed by atoms with Crippen LogP contribution in [0.25, 0.3) is 0 Å². The minimum Gasteiger partial charge on any atom is -0.481 e. The van der Waals surface area contributed by atoms with E-state index in [0.29, 0.717) is 18.7 Å². The molecule has 0 bridgehead atoms. The molecule has 0 spiro atoms. The van der Waals surface area contributed by atoms with E-state index < -0.39 is 5.97 Å². The van der Waals surface area contributed by atoms with E-state index in [-0.39, 0.29) is 13.0 Å². The molecule has 0 fully saturated rings. The molecule has 0 heterocycles. The normalized spacial score (nSPS) is 9.78. The van der Waals surface area contributed by atoms with Crippen molar-refractivity contribution in [2.24, 2.45) is 0 Å². The van der Waals surface area contributed by atoms with Crippen molar-refractivity contribution in [1.82, 2.24) is 0 Å². The maximum absolute atomic E-state index is 10.2. The summed E-state index contributed by atoms with van der Waals surface area (Å²) < 4.78 is 5.98. The van der Waals surface area contributed by atoms with Gasteiger partial charge in [-0.25, -0.2) is 0 Å². The summed E-state index contributed by atoms with van der Waals surface area (Å²) in [6, 6.07) is 7.47. The van der Waals surface area contributed by atoms with Crippen LogP contribution in [0.1, 0.15) is 12.0 Å². The van der Waals surface area contributed by atoms with Gasteiger partial charge in [0.05, 0.1) is 30.9 Å². The Kier molecular flexibility index (Phi) is 6.19. The van der Waals surface area contributed by atoms with Gasteiger partial charge >= 0.3 is 5.97 Å². The molecule has 18 heavy (non-hydrogen) atoms. The molecular weight excluding hydrogens is 300 g/mol. The minimum absolute atomic E-state index is 0.00172. The first-order valence-corrected chi connectivity index (χ1v) is 6.16. The number of carbonyl (C=O) groups is 1. The molecule has 0 radical (unpaired) electrons. The molecule has 6 heteroatoms. The topological polar surface area (TPSA) is 82.3 Å². The van der Waals surface area contributed by atoms with Gasteiger partial charge < -0.3 is 15.2 Å². The highest BCUT2D eigenvalue weighted by Crippen LogP contribution is 2.19. The number of ether oxygens (including phenoxy) is 1. The molecule has 0 aliphatic rings. The average Bonchev–Trinajstić information content (AvgIpc) is 2.34. The van der Waals surface area contributed by atoms with Gasteiger partial charge in [-0.3, -0.25) is 4.79 Å². The molecule has 0 atom stereocenters. The van der Waals surface area contributed by atoms with E-state index in [1.807, 2.05) is 6.07 Å². The van der Waals surface area contributed by atoms with Gasteiger partial charge in [0.2, 0.25) is 0 Å². The Labute approximate surface area is 114 Å². The van der Waals surface area contributed by atoms with E-state index in [1.165, 1.54) is 0 Å². The number of anilines is 1. The van der Waals surface area contributed by atoms with E-state index in [2.05, 4.69) is 27.3 Å². The Hall–Kier alpha value is -1.58. The van der Waals surface area contributed by atoms with Crippen LogP contribution in [0.4, 0.5) is 5.69 Å². The van der Waals surface area contributed by atoms with Gasteiger partial charge in [-0.1, -0.05) is 15.9 Å². The Bertz CT molecular complexity index is 457. The summed E-state index contributed by atoms with van der Waals surface area (Å²) in [6.07, 6.45) is 0.00172. The maximum Gasteiger partial charge on any atom is 0.305 e. The largest absolute Gasteiger partial charge is 0.481 e. The van der Waals surface area contributed by atoms with E-state index in [9.17, 15) is 4.79 Å². The van der Waals surface area contributed by atoms with Gasteiger partial charge in [0.25, 0.3) is 0 Å². The lowest BCUT2D eigenvalue weighted by atomic mass is 10.2. The van der Waals surface area contributed by atoms with Crippen LogP contribution in [0.15, 0.2) is 22.7 Å². The average molecular weight is 313 g/mol. The maximum atomic E-state index is 10.2. The number of hydrogen-bond donors (Lipinski definition) is 2. The first-order chi connectivity index (χ1) is 8.63. The molecule has 0 aromatic heterocycles. The number of carboxylic acids is 1. The monoisotopic (exact) mass is 312 g/mol. The van der Waals surface area contributed by atoms with Gasteiger partial charge in [-0.15, -0.1) is 0 Å². The summed E-state index contributed by atoms with van der Waals surface area (Å²) in [6.45, 7) is 1.12. The predicted molar refractivity (Wildman–Crippen MR) is 70.4 cm³/mol. The Balaban J connectivity index is 2.31. The van der Waals surface area contributed by atoms with Gasteiger partial charge in [-0.05, 0) is 18.2 Å². The molecule has 96 valence electrons. The first-order valence-electron chi connectivity index (χ1n) is 5.36. The second-order valence-electron chi connectivity index (χ2n) is 3.48. The van der Waals surface area contributed by atoms with Crippen LogP contribution in [0.2, 0.25) is 0 Å². The van der Waals surface area contributed by atoms with Gasteiger partial charge in [0, 0.05) is 11.0 Å². The number of rotatable bonds is 7. The summed E-state index contributed by atoms with van der Waals surface area (Å²) in [5.41, 5.74) is 1.29. The third-order valence-electron chi connectivity index (χ3n) is 2.12. The summed E-state index contributed by atoms with van der Waals surface area (Å²) in [4.78, 5) is 10.2. The number of nitrogens with one attached hydrogen (secondary N) is 1. The fourth-order valence-electron chi connectivity index (χ4n) is 1.28. The summed E-state index contributed by atoms with van der Waals surface area (Å²) >= 11 is 3.29. The van der Waals surface area contributed by atoms with E-state index in [4.69, 9.17) is 15.1 Å². The Morgan fingerprint density at radius 3 is 2.94 bits per heavy atom. The standard InChI is InChI=1S/C12H13BrN2O3/c13-10-1-2-11(9(7-10)8-14)15-4-6-18-5-3-12(16)17/h1-2,7,15H,3-6H2,(H,16,17). The fraction of sp³-hybridized carbons (Fsp3) is 0.333. The van der Waals surface area contributed by atoms with Crippen molar-refractivity contribution >= 4 is 27.6 Å². The van der Waals surface area contributed by atoms with Crippen molar-refractivity contribution in [1.29, 1.82) is 5.26 Å². The lowest BCUT2D eigenvalue weighted by Crippen LogP contribution is -2.12. The second-order valence-corrected chi connectivity index (χ2v) is 4.40. The molecule has 0 saturated heterocycles. The number of nitriles is 1. The summed E-state index contributed by atoms with van der Waals surface area (Å²) in [5, 5.41) is 20.4. The molecule has 1 aromatic rings. The molecule has 5 nitrogen and oxygen atoms in total. The highest BCUT2D eigenvalue weighted by atomic mass is 79.9. The second kappa shape index (κ2) is 7.69. The number of benzene rings is 1. The number of hydrogen-bond acceptors (Lipinski definition) is 4. The summed E-state index contributed by atoms with van der Waals surface area (Å²) in [7, 11) is 0. The highest BCUT2D eigenvalue weighted by molar-refractivity contribution is 9.10. The van der Waals surface area contributed by atoms with Crippen molar-refractivity contribution in [3.05, 3.63) is 28.2 Å². The third kappa shape index (κ3) is 5.17. The molecule has 0 unspecified atom stereocenters. The molecule has 0 aliphatic carbocycles. The van der Waals surface area contributed by atoms with Crippen LogP contribution in [-0.4, -0.2) is 30.8 Å². The fourth-order valence-corrected chi connectivity index (χ4v) is 1.64. The SMILES string of the molecule is N#Cc1cc(Br)ccc1NCCOCCC(=O)O. The molecular formula is C12H13BrN2O3. The zero-order valence-corrected chi connectivity index (χ0v) is 11.2. The number of carboxylic acid groups (broad SMARTS) is 1. The van der Waals surface area contributed by atoms with Gasteiger partial charge in [0.1, 0.15) is 6.07 Å². The zero-order chi connectivity index (χ0) is 13.4. The van der Waals surface area contributed by atoms with Crippen LogP contribution in [0.3, 0.4) is 0 Å².